The highest BCUT2D eigenvalue weighted by molar-refractivity contribution is 5.93. The Hall–Kier alpha value is -7.24. The van der Waals surface area contributed by atoms with Gasteiger partial charge in [0.15, 0.2) is 11.6 Å². The molecule has 2 fully saturated rings. The van der Waals surface area contributed by atoms with Crippen molar-refractivity contribution in [2.45, 2.75) is 85.3 Å². The molecule has 0 unspecified atom stereocenters. The predicted octanol–water partition coefficient (Wildman–Crippen LogP) is 7.68. The minimum absolute atomic E-state index is 0.100. The van der Waals surface area contributed by atoms with Crippen LogP contribution < -0.4 is 9.80 Å². The number of ether oxygens (including phenoxy) is 1. The highest BCUT2D eigenvalue weighted by Gasteiger charge is 2.37. The van der Waals surface area contributed by atoms with Crippen LogP contribution in [-0.4, -0.2) is 144 Å². The van der Waals surface area contributed by atoms with E-state index in [1.54, 1.807) is 40.1 Å². The number of aryl methyl sites for hydroxylation is 2. The summed E-state index contributed by atoms with van der Waals surface area (Å²) in [6, 6.07) is 35.3. The van der Waals surface area contributed by atoms with Crippen LogP contribution in [0.2, 0.25) is 0 Å². The molecule has 5 N–H and O–H groups in total. The van der Waals surface area contributed by atoms with Crippen molar-refractivity contribution < 1.29 is 39.9 Å². The minimum Gasteiger partial charge on any atom is -0.507 e. The van der Waals surface area contributed by atoms with Crippen molar-refractivity contribution in [3.63, 3.8) is 0 Å². The van der Waals surface area contributed by atoms with Gasteiger partial charge in [0.2, 0.25) is 0 Å². The molecule has 4 atom stereocenters. The quantitative estimate of drug-likeness (QED) is 0.0668. The number of aromatic hydroxyl groups is 2. The van der Waals surface area contributed by atoms with Gasteiger partial charge in [0.25, 0.3) is 11.8 Å². The van der Waals surface area contributed by atoms with E-state index in [0.717, 1.165) is 44.3 Å². The Labute approximate surface area is 438 Å². The number of carbonyl (C=O) groups is 2. The van der Waals surface area contributed by atoms with Crippen LogP contribution in [-0.2, 0) is 20.9 Å². The molecule has 0 radical (unpaired) electrons. The van der Waals surface area contributed by atoms with Gasteiger partial charge in [0.05, 0.1) is 54.1 Å². The first-order chi connectivity index (χ1) is 36.1. The number of nitrogens with zero attached hydrogens (tertiary/aromatic N) is 8. The Balaban J connectivity index is 0.000000203. The van der Waals surface area contributed by atoms with E-state index in [1.807, 2.05) is 131 Å². The molecular formula is C59H70N8O8. The molecule has 0 spiro atoms. The third kappa shape index (κ3) is 13.0. The molecule has 0 bridgehead atoms. The third-order valence-electron chi connectivity index (χ3n) is 13.7. The molecule has 2 amide bonds. The molecular weight excluding hydrogens is 949 g/mol. The fourth-order valence-electron chi connectivity index (χ4n) is 9.83. The number of aromatic nitrogens is 4. The number of hydrogen-bond acceptors (Lipinski definition) is 14. The first-order valence-corrected chi connectivity index (χ1v) is 25.9. The SMILES string of the molecule is Cc1ccc2c(N3CCN(C(=O)[C@H](O)CC(C)C)[C@@H](CO)C3)nc(-c3ccccc3O)nc2c1.Cc1ccc2c(N3CCN(C(=O)[C@H](O)CC(C)C)[C@@H](COCc4ccccc4)C3)nc(-c3ccccc3O)nc2c1. The molecule has 7 aromatic rings. The molecule has 2 aromatic heterocycles. The first-order valence-electron chi connectivity index (χ1n) is 25.9. The maximum atomic E-state index is 13.4. The van der Waals surface area contributed by atoms with Gasteiger partial charge in [-0.3, -0.25) is 9.59 Å². The molecule has 5 aromatic carbocycles. The van der Waals surface area contributed by atoms with Gasteiger partial charge >= 0.3 is 0 Å². The Bertz CT molecular complexity index is 3080. The molecule has 2 aliphatic rings. The summed E-state index contributed by atoms with van der Waals surface area (Å²) in [7, 11) is 0. The standard InChI is InChI=1S/C33H38N4O4.C26H32N4O4/c1-22(2)17-30(39)33(40)37-16-15-36(19-25(37)21-41-20-24-9-5-4-6-10-24)32-26-14-13-23(3)18-28(26)34-31(35-32)27-11-7-8-12-29(27)38;1-16(2)12-23(33)26(34)30-11-10-29(14-18(30)15-31)25-19-9-8-17(3)13-21(19)27-24(28-25)20-6-4-5-7-22(20)32/h4-14,18,22,25,30,38-39H,15-17,19-21H2,1-3H3;4-9,13,16,18,23,31-33H,10-12,14-15H2,1-3H3/t25-,30-;18-,23-/m11/s1. The van der Waals surface area contributed by atoms with Gasteiger partial charge in [-0.15, -0.1) is 0 Å². The van der Waals surface area contributed by atoms with E-state index in [1.165, 1.54) is 0 Å². The Morgan fingerprint density at radius 1 is 0.587 bits per heavy atom. The lowest BCUT2D eigenvalue weighted by Gasteiger charge is -2.43. The Kier molecular flexibility index (Phi) is 17.6. The number of fused-ring (bicyclic) bond motifs is 2. The Morgan fingerprint density at radius 3 is 1.48 bits per heavy atom. The lowest BCUT2D eigenvalue weighted by molar-refractivity contribution is -0.145. The number of carbonyl (C=O) groups excluding carboxylic acids is 2. The van der Waals surface area contributed by atoms with E-state index in [4.69, 9.17) is 24.7 Å². The van der Waals surface area contributed by atoms with E-state index < -0.39 is 18.2 Å². The zero-order chi connectivity index (χ0) is 53.3. The second kappa shape index (κ2) is 24.4. The second-order valence-corrected chi connectivity index (χ2v) is 20.6. The number of benzene rings is 5. The summed E-state index contributed by atoms with van der Waals surface area (Å²) in [5.74, 6) is 2.30. The highest BCUT2D eigenvalue weighted by Crippen LogP contribution is 2.35. The molecule has 4 heterocycles. The molecule has 16 nitrogen and oxygen atoms in total. The van der Waals surface area contributed by atoms with Crippen LogP contribution in [0, 0.1) is 25.7 Å². The largest absolute Gasteiger partial charge is 0.507 e. The van der Waals surface area contributed by atoms with Crippen molar-refractivity contribution in [1.82, 2.24) is 29.7 Å². The average Bonchev–Trinajstić information content (AvgIpc) is 3.39. The summed E-state index contributed by atoms with van der Waals surface area (Å²) in [4.78, 5) is 53.1. The number of amides is 2. The van der Waals surface area contributed by atoms with E-state index in [-0.39, 0.29) is 47.8 Å². The molecule has 16 heteroatoms. The van der Waals surface area contributed by atoms with Crippen molar-refractivity contribution in [2.24, 2.45) is 11.8 Å². The summed E-state index contributed by atoms with van der Waals surface area (Å²) in [6.07, 6.45) is -1.32. The fourth-order valence-corrected chi connectivity index (χ4v) is 9.83. The van der Waals surface area contributed by atoms with Gasteiger partial charge in [0, 0.05) is 50.0 Å². The first kappa shape index (κ1) is 54.0. The average molecular weight is 1020 g/mol. The number of phenols is 2. The van der Waals surface area contributed by atoms with Gasteiger partial charge in [0.1, 0.15) is 35.3 Å². The minimum atomic E-state index is -1.07. The van der Waals surface area contributed by atoms with Crippen LogP contribution in [0.4, 0.5) is 11.6 Å². The topological polar surface area (TPSA) is 209 Å². The van der Waals surface area contributed by atoms with Gasteiger partial charge < -0.3 is 49.9 Å². The zero-order valence-electron chi connectivity index (χ0n) is 43.8. The van der Waals surface area contributed by atoms with E-state index in [2.05, 4.69) is 4.90 Å². The summed E-state index contributed by atoms with van der Waals surface area (Å²) < 4.78 is 6.13. The molecule has 394 valence electrons. The zero-order valence-corrected chi connectivity index (χ0v) is 43.8. The second-order valence-electron chi connectivity index (χ2n) is 20.6. The van der Waals surface area contributed by atoms with E-state index in [0.29, 0.717) is 93.9 Å². The number of hydrogen-bond donors (Lipinski definition) is 5. The van der Waals surface area contributed by atoms with Gasteiger partial charge in [-0.2, -0.15) is 0 Å². The van der Waals surface area contributed by atoms with Crippen molar-refractivity contribution in [3.05, 3.63) is 132 Å². The molecule has 9 rings (SSSR count). The van der Waals surface area contributed by atoms with Crippen LogP contribution in [0.25, 0.3) is 44.6 Å². The monoisotopic (exact) mass is 1020 g/mol. The van der Waals surface area contributed by atoms with Gasteiger partial charge in [-0.25, -0.2) is 19.9 Å². The van der Waals surface area contributed by atoms with Crippen LogP contribution in [0.5, 0.6) is 11.5 Å². The molecule has 75 heavy (non-hydrogen) atoms. The van der Waals surface area contributed by atoms with Crippen LogP contribution >= 0.6 is 0 Å². The van der Waals surface area contributed by atoms with Crippen molar-refractivity contribution in [1.29, 1.82) is 0 Å². The lowest BCUT2D eigenvalue weighted by Crippen LogP contribution is -2.59. The summed E-state index contributed by atoms with van der Waals surface area (Å²) in [5, 5.41) is 53.9. The van der Waals surface area contributed by atoms with Crippen LogP contribution in [0.1, 0.15) is 57.2 Å². The van der Waals surface area contributed by atoms with E-state index in [9.17, 15) is 35.1 Å². The van der Waals surface area contributed by atoms with Crippen molar-refractivity contribution in [3.8, 4) is 34.3 Å². The van der Waals surface area contributed by atoms with Crippen LogP contribution in [0.15, 0.2) is 115 Å². The number of rotatable bonds is 15. The normalized spacial score (nSPS) is 16.8. The third-order valence-corrected chi connectivity index (χ3v) is 13.7. The number of anilines is 2. The highest BCUT2D eigenvalue weighted by atomic mass is 16.5. The summed E-state index contributed by atoms with van der Waals surface area (Å²) in [6.45, 7) is 15.1. The maximum absolute atomic E-state index is 13.4. The number of piperazine rings is 2. The molecule has 2 aliphatic heterocycles. The summed E-state index contributed by atoms with van der Waals surface area (Å²) in [5.41, 5.74) is 5.84. The Morgan fingerprint density at radius 2 is 1.03 bits per heavy atom. The summed E-state index contributed by atoms with van der Waals surface area (Å²) >= 11 is 0. The van der Waals surface area contributed by atoms with Crippen molar-refractivity contribution in [2.75, 3.05) is 62.3 Å². The molecule has 0 aliphatic carbocycles. The number of para-hydroxylation sites is 2. The van der Waals surface area contributed by atoms with E-state index >= 15 is 0 Å². The van der Waals surface area contributed by atoms with Gasteiger partial charge in [-0.05, 0) is 104 Å². The molecule has 2 saturated heterocycles. The van der Waals surface area contributed by atoms with Gasteiger partial charge in [-0.1, -0.05) is 94.4 Å². The lowest BCUT2D eigenvalue weighted by atomic mass is 10.0. The van der Waals surface area contributed by atoms with Crippen LogP contribution in [0.3, 0.4) is 0 Å². The molecule has 0 saturated carbocycles. The maximum Gasteiger partial charge on any atom is 0.251 e. The predicted molar refractivity (Wildman–Crippen MR) is 292 cm³/mol. The number of aliphatic hydroxyl groups excluding tert-OH is 3. The fraction of sp³-hybridized carbons (Fsp3) is 0.390. The number of phenolic OH excluding ortho intramolecular Hbond substituents is 2. The van der Waals surface area contributed by atoms with Crippen molar-refractivity contribution >= 4 is 45.3 Å². The smallest absolute Gasteiger partial charge is 0.251 e. The number of aliphatic hydroxyl groups is 3.